The van der Waals surface area contributed by atoms with E-state index in [0.717, 1.165) is 5.75 Å². The zero-order valence-corrected chi connectivity index (χ0v) is 11.0. The third-order valence-corrected chi connectivity index (χ3v) is 2.95. The molecule has 100 valence electrons. The zero-order chi connectivity index (χ0) is 13.9. The highest BCUT2D eigenvalue weighted by atomic mass is 16.5. The van der Waals surface area contributed by atoms with E-state index in [-0.39, 0.29) is 12.2 Å². The number of benzene rings is 1. The van der Waals surface area contributed by atoms with Crippen LogP contribution in [-0.2, 0) is 6.61 Å². The largest absolute Gasteiger partial charge is 0.486 e. The van der Waals surface area contributed by atoms with E-state index in [4.69, 9.17) is 4.74 Å². The van der Waals surface area contributed by atoms with E-state index >= 15 is 0 Å². The van der Waals surface area contributed by atoms with Crippen LogP contribution in [0.25, 0.3) is 10.9 Å². The molecule has 0 atom stereocenters. The first-order chi connectivity index (χ1) is 9.72. The van der Waals surface area contributed by atoms with Gasteiger partial charge in [0.15, 0.2) is 0 Å². The van der Waals surface area contributed by atoms with Crippen molar-refractivity contribution >= 4 is 10.9 Å². The summed E-state index contributed by atoms with van der Waals surface area (Å²) in [5, 5.41) is 0.527. The van der Waals surface area contributed by atoms with Crippen LogP contribution in [0.1, 0.15) is 11.4 Å². The Morgan fingerprint density at radius 3 is 2.80 bits per heavy atom. The first kappa shape index (κ1) is 12.3. The number of aromatic nitrogens is 3. The van der Waals surface area contributed by atoms with Gasteiger partial charge in [-0.1, -0.05) is 17.7 Å². The van der Waals surface area contributed by atoms with Crippen molar-refractivity contribution in [2.75, 3.05) is 0 Å². The van der Waals surface area contributed by atoms with Crippen LogP contribution >= 0.6 is 0 Å². The molecule has 0 aliphatic rings. The maximum absolute atomic E-state index is 11.9. The number of nitrogens with one attached hydrogen (secondary N) is 1. The van der Waals surface area contributed by atoms with Crippen LogP contribution in [0.5, 0.6) is 5.75 Å². The Labute approximate surface area is 115 Å². The Balaban J connectivity index is 1.84. The summed E-state index contributed by atoms with van der Waals surface area (Å²) in [6.07, 6.45) is 3.14. The molecular weight excluding hydrogens is 254 g/mol. The summed E-state index contributed by atoms with van der Waals surface area (Å²) in [5.74, 6) is 1.22. The monoisotopic (exact) mass is 267 g/mol. The summed E-state index contributed by atoms with van der Waals surface area (Å²) >= 11 is 0. The molecular formula is C15H13N3O2. The summed E-state index contributed by atoms with van der Waals surface area (Å²) < 4.78 is 5.60. The lowest BCUT2D eigenvalue weighted by atomic mass is 10.2. The Hall–Kier alpha value is -2.69. The number of ether oxygens (including phenoxy) is 1. The van der Waals surface area contributed by atoms with Gasteiger partial charge in [-0.2, -0.15) is 0 Å². The summed E-state index contributed by atoms with van der Waals surface area (Å²) in [4.78, 5) is 22.9. The average molecular weight is 267 g/mol. The van der Waals surface area contributed by atoms with Gasteiger partial charge in [0, 0.05) is 6.20 Å². The highest BCUT2D eigenvalue weighted by Gasteiger charge is 2.04. The highest BCUT2D eigenvalue weighted by molar-refractivity contribution is 5.75. The van der Waals surface area contributed by atoms with E-state index in [1.165, 1.54) is 5.56 Å². The summed E-state index contributed by atoms with van der Waals surface area (Å²) in [5.41, 5.74) is 1.55. The average Bonchev–Trinajstić information content (AvgIpc) is 2.47. The second-order valence-corrected chi connectivity index (χ2v) is 4.51. The van der Waals surface area contributed by atoms with E-state index in [2.05, 4.69) is 15.0 Å². The van der Waals surface area contributed by atoms with Gasteiger partial charge < -0.3 is 9.72 Å². The predicted octanol–water partition coefficient (Wildman–Crippen LogP) is 2.21. The first-order valence-corrected chi connectivity index (χ1v) is 6.25. The normalized spacial score (nSPS) is 10.7. The Morgan fingerprint density at radius 2 is 2.00 bits per heavy atom. The SMILES string of the molecule is Cc1ccc(OCc2nc3cnccc3c(=O)[nH]2)cc1. The molecule has 3 aromatic rings. The zero-order valence-electron chi connectivity index (χ0n) is 11.0. The van der Waals surface area contributed by atoms with Crippen molar-refractivity contribution in [1.82, 2.24) is 15.0 Å². The molecule has 1 N–H and O–H groups in total. The summed E-state index contributed by atoms with van der Waals surface area (Å²) in [6.45, 7) is 2.22. The molecule has 0 bridgehead atoms. The van der Waals surface area contributed by atoms with Crippen molar-refractivity contribution in [3.8, 4) is 5.75 Å². The number of aromatic amines is 1. The summed E-state index contributed by atoms with van der Waals surface area (Å²) in [6, 6.07) is 9.35. The van der Waals surface area contributed by atoms with Crippen LogP contribution in [0.3, 0.4) is 0 Å². The van der Waals surface area contributed by atoms with E-state index in [1.54, 1.807) is 18.5 Å². The van der Waals surface area contributed by atoms with Crippen molar-refractivity contribution in [3.05, 3.63) is 64.5 Å². The van der Waals surface area contributed by atoms with Gasteiger partial charge >= 0.3 is 0 Å². The van der Waals surface area contributed by atoms with Crippen LogP contribution in [0.4, 0.5) is 0 Å². The molecule has 0 radical (unpaired) electrons. The smallest absolute Gasteiger partial charge is 0.258 e. The second kappa shape index (κ2) is 5.13. The molecule has 0 amide bonds. The molecule has 0 saturated heterocycles. The lowest BCUT2D eigenvalue weighted by Crippen LogP contribution is -2.13. The molecule has 0 saturated carbocycles. The van der Waals surface area contributed by atoms with Crippen LogP contribution < -0.4 is 10.3 Å². The van der Waals surface area contributed by atoms with Crippen molar-refractivity contribution in [3.63, 3.8) is 0 Å². The Morgan fingerprint density at radius 1 is 1.20 bits per heavy atom. The Kier molecular flexibility index (Phi) is 3.16. The van der Waals surface area contributed by atoms with Gasteiger partial charge in [-0.3, -0.25) is 9.78 Å². The fourth-order valence-corrected chi connectivity index (χ4v) is 1.89. The number of hydrogen-bond acceptors (Lipinski definition) is 4. The molecule has 2 aromatic heterocycles. The highest BCUT2D eigenvalue weighted by Crippen LogP contribution is 2.13. The molecule has 0 aliphatic heterocycles. The summed E-state index contributed by atoms with van der Waals surface area (Å²) in [7, 11) is 0. The molecule has 5 nitrogen and oxygen atoms in total. The number of hydrogen-bond donors (Lipinski definition) is 1. The fourth-order valence-electron chi connectivity index (χ4n) is 1.89. The minimum absolute atomic E-state index is 0.181. The fraction of sp³-hybridized carbons (Fsp3) is 0.133. The Bertz CT molecular complexity index is 794. The number of fused-ring (bicyclic) bond motifs is 1. The maximum Gasteiger partial charge on any atom is 0.258 e. The van der Waals surface area contributed by atoms with E-state index in [9.17, 15) is 4.79 Å². The molecule has 0 unspecified atom stereocenters. The van der Waals surface area contributed by atoms with Crippen LogP contribution in [0.15, 0.2) is 47.5 Å². The minimum atomic E-state index is -0.181. The molecule has 1 aromatic carbocycles. The molecule has 0 aliphatic carbocycles. The topological polar surface area (TPSA) is 67.9 Å². The van der Waals surface area contributed by atoms with E-state index in [0.29, 0.717) is 16.7 Å². The number of aryl methyl sites for hydroxylation is 1. The second-order valence-electron chi connectivity index (χ2n) is 4.51. The quantitative estimate of drug-likeness (QED) is 0.790. The molecule has 0 fully saturated rings. The molecule has 0 spiro atoms. The van der Waals surface area contributed by atoms with E-state index in [1.807, 2.05) is 31.2 Å². The lowest BCUT2D eigenvalue weighted by molar-refractivity contribution is 0.296. The predicted molar refractivity (Wildman–Crippen MR) is 75.7 cm³/mol. The van der Waals surface area contributed by atoms with E-state index < -0.39 is 0 Å². The number of pyridine rings is 1. The van der Waals surface area contributed by atoms with Gasteiger partial charge in [-0.05, 0) is 25.1 Å². The third kappa shape index (κ3) is 2.51. The number of H-pyrrole nitrogens is 1. The van der Waals surface area contributed by atoms with Crippen LogP contribution in [0, 0.1) is 6.92 Å². The van der Waals surface area contributed by atoms with Crippen LogP contribution in [0.2, 0.25) is 0 Å². The van der Waals surface area contributed by atoms with Crippen molar-refractivity contribution in [2.45, 2.75) is 13.5 Å². The van der Waals surface area contributed by atoms with Crippen LogP contribution in [-0.4, -0.2) is 15.0 Å². The third-order valence-electron chi connectivity index (χ3n) is 2.95. The molecule has 20 heavy (non-hydrogen) atoms. The van der Waals surface area contributed by atoms with Gasteiger partial charge in [0.1, 0.15) is 18.2 Å². The van der Waals surface area contributed by atoms with Gasteiger partial charge in [-0.15, -0.1) is 0 Å². The van der Waals surface area contributed by atoms with Gasteiger partial charge in [0.2, 0.25) is 0 Å². The minimum Gasteiger partial charge on any atom is -0.486 e. The van der Waals surface area contributed by atoms with Gasteiger partial charge in [0.05, 0.1) is 17.1 Å². The van der Waals surface area contributed by atoms with Gasteiger partial charge in [0.25, 0.3) is 5.56 Å². The number of nitrogens with zero attached hydrogens (tertiary/aromatic N) is 2. The maximum atomic E-state index is 11.9. The number of rotatable bonds is 3. The van der Waals surface area contributed by atoms with Crippen molar-refractivity contribution < 1.29 is 4.74 Å². The molecule has 3 rings (SSSR count). The van der Waals surface area contributed by atoms with Crippen molar-refractivity contribution in [2.24, 2.45) is 0 Å². The molecule has 2 heterocycles. The lowest BCUT2D eigenvalue weighted by Gasteiger charge is -2.06. The first-order valence-electron chi connectivity index (χ1n) is 6.25. The van der Waals surface area contributed by atoms with Gasteiger partial charge in [-0.25, -0.2) is 4.98 Å². The molecule has 5 heteroatoms. The standard InChI is InChI=1S/C15H13N3O2/c1-10-2-4-11(5-3-10)20-9-14-17-13-8-16-7-6-12(13)15(19)18-14/h2-8H,9H2,1H3,(H,17,18,19). The van der Waals surface area contributed by atoms with Crippen molar-refractivity contribution in [1.29, 1.82) is 0 Å².